The first-order chi connectivity index (χ1) is 8.15. The Bertz CT molecular complexity index is 511. The molecule has 0 aliphatic rings. The second kappa shape index (κ2) is 5.32. The molecule has 0 radical (unpaired) electrons. The molecule has 2 nitrogen and oxygen atoms in total. The van der Waals surface area contributed by atoms with Gasteiger partial charge in [-0.15, -0.1) is 0 Å². The molecule has 0 atom stereocenters. The largest absolute Gasteiger partial charge is 0.491 e. The molecule has 0 fully saturated rings. The van der Waals surface area contributed by atoms with Crippen LogP contribution >= 0.6 is 15.9 Å². The van der Waals surface area contributed by atoms with E-state index < -0.39 is 0 Å². The van der Waals surface area contributed by atoms with E-state index in [0.29, 0.717) is 0 Å². The first-order valence-electron chi connectivity index (χ1n) is 5.55. The maximum absolute atomic E-state index is 5.67. The van der Waals surface area contributed by atoms with Crippen molar-refractivity contribution >= 4 is 15.9 Å². The predicted octanol–water partition coefficient (Wildman–Crippen LogP) is 4.30. The maximum atomic E-state index is 5.67. The number of rotatable bonds is 3. The second-order valence-corrected chi connectivity index (χ2v) is 4.85. The van der Waals surface area contributed by atoms with Crippen molar-refractivity contribution in [3.8, 4) is 17.0 Å². The Kier molecular flexibility index (Phi) is 3.79. The van der Waals surface area contributed by atoms with Crippen LogP contribution in [0.25, 0.3) is 11.3 Å². The Morgan fingerprint density at radius 2 is 1.88 bits per heavy atom. The van der Waals surface area contributed by atoms with Crippen molar-refractivity contribution in [1.82, 2.24) is 4.98 Å². The molecule has 3 heteroatoms. The first kappa shape index (κ1) is 12.1. The highest BCUT2D eigenvalue weighted by molar-refractivity contribution is 9.10. The lowest BCUT2D eigenvalue weighted by molar-refractivity contribution is 0.242. The topological polar surface area (TPSA) is 22.1 Å². The summed E-state index contributed by atoms with van der Waals surface area (Å²) in [5, 5.41) is 0. The van der Waals surface area contributed by atoms with E-state index in [9.17, 15) is 0 Å². The zero-order valence-corrected chi connectivity index (χ0v) is 11.4. The highest BCUT2D eigenvalue weighted by atomic mass is 79.9. The third kappa shape index (κ3) is 3.30. The van der Waals surface area contributed by atoms with Crippen LogP contribution in [0.4, 0.5) is 0 Å². The first-order valence-corrected chi connectivity index (χ1v) is 6.34. The van der Waals surface area contributed by atoms with E-state index in [1.807, 2.05) is 56.3 Å². The number of nitrogens with zero attached hydrogens (tertiary/aromatic N) is 1. The highest BCUT2D eigenvalue weighted by Gasteiger charge is 2.03. The van der Waals surface area contributed by atoms with Crippen molar-refractivity contribution in [3.63, 3.8) is 0 Å². The fraction of sp³-hybridized carbons (Fsp3) is 0.214. The van der Waals surface area contributed by atoms with Gasteiger partial charge in [0.1, 0.15) is 10.4 Å². The minimum absolute atomic E-state index is 0.181. The van der Waals surface area contributed by atoms with Crippen LogP contribution in [0.3, 0.4) is 0 Å². The zero-order valence-electron chi connectivity index (χ0n) is 9.85. The van der Waals surface area contributed by atoms with Gasteiger partial charge in [0, 0.05) is 5.56 Å². The summed E-state index contributed by atoms with van der Waals surface area (Å²) < 4.78 is 6.51. The summed E-state index contributed by atoms with van der Waals surface area (Å²) in [7, 11) is 0. The molecular formula is C14H14BrNO. The van der Waals surface area contributed by atoms with Gasteiger partial charge < -0.3 is 4.74 Å². The van der Waals surface area contributed by atoms with Gasteiger partial charge in [-0.25, -0.2) is 4.98 Å². The van der Waals surface area contributed by atoms with E-state index in [-0.39, 0.29) is 6.10 Å². The third-order valence-electron chi connectivity index (χ3n) is 2.22. The van der Waals surface area contributed by atoms with Crippen LogP contribution in [0, 0.1) is 0 Å². The van der Waals surface area contributed by atoms with Crippen molar-refractivity contribution in [3.05, 3.63) is 47.1 Å². The van der Waals surface area contributed by atoms with Gasteiger partial charge in [0.25, 0.3) is 0 Å². The Hall–Kier alpha value is -1.35. The number of hydrogen-bond donors (Lipinski definition) is 0. The number of ether oxygens (including phenoxy) is 1. The number of hydrogen-bond acceptors (Lipinski definition) is 2. The standard InChI is InChI=1S/C14H14BrNO/c1-10(2)17-12-6-3-5-11(9-12)13-7-4-8-14(15)16-13/h3-10H,1-2H3. The summed E-state index contributed by atoms with van der Waals surface area (Å²) in [4.78, 5) is 4.42. The van der Waals surface area contributed by atoms with Crippen LogP contribution in [-0.2, 0) is 0 Å². The monoisotopic (exact) mass is 291 g/mol. The van der Waals surface area contributed by atoms with E-state index in [0.717, 1.165) is 21.6 Å². The molecule has 0 saturated carbocycles. The maximum Gasteiger partial charge on any atom is 0.120 e. The van der Waals surface area contributed by atoms with Crippen molar-refractivity contribution < 1.29 is 4.74 Å². The summed E-state index contributed by atoms with van der Waals surface area (Å²) in [6.07, 6.45) is 0.181. The summed E-state index contributed by atoms with van der Waals surface area (Å²) in [6, 6.07) is 13.9. The molecule has 0 unspecified atom stereocenters. The van der Waals surface area contributed by atoms with Crippen molar-refractivity contribution in [2.75, 3.05) is 0 Å². The lowest BCUT2D eigenvalue weighted by Crippen LogP contribution is -2.05. The van der Waals surface area contributed by atoms with E-state index in [1.54, 1.807) is 0 Å². The molecule has 1 aromatic carbocycles. The molecule has 2 aromatic rings. The Labute approximate surface area is 110 Å². The lowest BCUT2D eigenvalue weighted by Gasteiger charge is -2.10. The normalized spacial score (nSPS) is 10.6. The van der Waals surface area contributed by atoms with Crippen LogP contribution in [0.1, 0.15) is 13.8 Å². The molecule has 1 aromatic heterocycles. The van der Waals surface area contributed by atoms with Gasteiger partial charge in [-0.3, -0.25) is 0 Å². The Morgan fingerprint density at radius 1 is 1.12 bits per heavy atom. The average molecular weight is 292 g/mol. The molecule has 0 aliphatic carbocycles. The van der Waals surface area contributed by atoms with E-state index >= 15 is 0 Å². The lowest BCUT2D eigenvalue weighted by atomic mass is 10.1. The summed E-state index contributed by atoms with van der Waals surface area (Å²) in [5.74, 6) is 0.874. The molecule has 0 bridgehead atoms. The van der Waals surface area contributed by atoms with Gasteiger partial charge in [-0.1, -0.05) is 18.2 Å². The SMILES string of the molecule is CC(C)Oc1cccc(-c2cccc(Br)n2)c1. The van der Waals surface area contributed by atoms with Crippen LogP contribution in [-0.4, -0.2) is 11.1 Å². The quantitative estimate of drug-likeness (QED) is 0.787. The number of benzene rings is 1. The Balaban J connectivity index is 2.33. The van der Waals surface area contributed by atoms with Gasteiger partial charge in [0.15, 0.2) is 0 Å². The third-order valence-corrected chi connectivity index (χ3v) is 2.66. The minimum Gasteiger partial charge on any atom is -0.491 e. The molecule has 0 spiro atoms. The number of aromatic nitrogens is 1. The van der Waals surface area contributed by atoms with Crippen molar-refractivity contribution in [2.24, 2.45) is 0 Å². The van der Waals surface area contributed by atoms with Crippen LogP contribution in [0.5, 0.6) is 5.75 Å². The molecule has 1 heterocycles. The van der Waals surface area contributed by atoms with Gasteiger partial charge in [0.05, 0.1) is 11.8 Å². The summed E-state index contributed by atoms with van der Waals surface area (Å²) in [5.41, 5.74) is 2.00. The molecule has 2 rings (SSSR count). The van der Waals surface area contributed by atoms with E-state index in [1.165, 1.54) is 0 Å². The molecule has 0 amide bonds. The van der Waals surface area contributed by atoms with Crippen LogP contribution in [0.15, 0.2) is 47.1 Å². The van der Waals surface area contributed by atoms with Crippen molar-refractivity contribution in [1.29, 1.82) is 0 Å². The number of pyridine rings is 1. The van der Waals surface area contributed by atoms with Gasteiger partial charge in [-0.2, -0.15) is 0 Å². The fourth-order valence-electron chi connectivity index (χ4n) is 1.57. The van der Waals surface area contributed by atoms with E-state index in [2.05, 4.69) is 20.9 Å². The molecular weight excluding hydrogens is 278 g/mol. The Morgan fingerprint density at radius 3 is 2.59 bits per heavy atom. The van der Waals surface area contributed by atoms with Gasteiger partial charge in [0.2, 0.25) is 0 Å². The highest BCUT2D eigenvalue weighted by Crippen LogP contribution is 2.24. The minimum atomic E-state index is 0.181. The predicted molar refractivity (Wildman–Crippen MR) is 73.1 cm³/mol. The fourth-order valence-corrected chi connectivity index (χ4v) is 1.91. The molecule has 88 valence electrons. The molecule has 0 N–H and O–H groups in total. The summed E-state index contributed by atoms with van der Waals surface area (Å²) in [6.45, 7) is 4.04. The second-order valence-electron chi connectivity index (χ2n) is 4.04. The van der Waals surface area contributed by atoms with Gasteiger partial charge in [-0.05, 0) is 54.0 Å². The van der Waals surface area contributed by atoms with Crippen LogP contribution in [0.2, 0.25) is 0 Å². The summed E-state index contributed by atoms with van der Waals surface area (Å²) >= 11 is 3.38. The molecule has 0 aliphatic heterocycles. The van der Waals surface area contributed by atoms with Gasteiger partial charge >= 0.3 is 0 Å². The van der Waals surface area contributed by atoms with Crippen molar-refractivity contribution in [2.45, 2.75) is 20.0 Å². The smallest absolute Gasteiger partial charge is 0.120 e. The van der Waals surface area contributed by atoms with E-state index in [4.69, 9.17) is 4.74 Å². The molecule has 17 heavy (non-hydrogen) atoms. The average Bonchev–Trinajstić information content (AvgIpc) is 2.28. The van der Waals surface area contributed by atoms with Crippen LogP contribution < -0.4 is 4.74 Å². The zero-order chi connectivity index (χ0) is 12.3. The molecule has 0 saturated heterocycles. The number of halogens is 1.